The first kappa shape index (κ1) is 33.7. The Morgan fingerprint density at radius 1 is 0.978 bits per heavy atom. The molecule has 2 amide bonds. The third-order valence-corrected chi connectivity index (χ3v) is 7.24. The topological polar surface area (TPSA) is 115 Å². The van der Waals surface area contributed by atoms with Crippen LogP contribution in [-0.2, 0) is 20.7 Å². The lowest BCUT2D eigenvalue weighted by Crippen LogP contribution is -2.51. The van der Waals surface area contributed by atoms with Gasteiger partial charge in [0.15, 0.2) is 6.61 Å². The number of alkyl carbamates (subject to hydrolysis) is 1. The van der Waals surface area contributed by atoms with Crippen molar-refractivity contribution in [3.63, 3.8) is 0 Å². The molecule has 45 heavy (non-hydrogen) atoms. The van der Waals surface area contributed by atoms with E-state index in [9.17, 15) is 35.9 Å². The van der Waals surface area contributed by atoms with Crippen LogP contribution in [-0.4, -0.2) is 62.7 Å². The fourth-order valence-electron chi connectivity index (χ4n) is 4.94. The van der Waals surface area contributed by atoms with Gasteiger partial charge in [-0.15, -0.1) is 0 Å². The second-order valence-corrected chi connectivity index (χ2v) is 10.5. The van der Waals surface area contributed by atoms with Crippen molar-refractivity contribution in [2.24, 2.45) is 5.73 Å². The zero-order valence-corrected chi connectivity index (χ0v) is 23.9. The molecule has 0 spiro atoms. The SMILES string of the molecule is NC(C(=O)Nc1cccc(F)c1CC[C@@H]1CN[C@H](CNC(=O)OCC(F)(F)F)CO1)C(c1ccc(F)cc1)c1ccc(F)cc1. The zero-order chi connectivity index (χ0) is 32.6. The van der Waals surface area contributed by atoms with Crippen molar-refractivity contribution in [3.05, 3.63) is 101 Å². The molecule has 3 atom stereocenters. The van der Waals surface area contributed by atoms with Crippen molar-refractivity contribution in [2.75, 3.05) is 31.6 Å². The molecule has 0 saturated carbocycles. The summed E-state index contributed by atoms with van der Waals surface area (Å²) in [4.78, 5) is 24.8. The molecule has 1 aliphatic rings. The van der Waals surface area contributed by atoms with Crippen molar-refractivity contribution in [2.45, 2.75) is 43.1 Å². The highest BCUT2D eigenvalue weighted by molar-refractivity contribution is 5.96. The Morgan fingerprint density at radius 2 is 1.60 bits per heavy atom. The molecule has 8 nitrogen and oxygen atoms in total. The highest BCUT2D eigenvalue weighted by atomic mass is 19.4. The monoisotopic (exact) mass is 638 g/mol. The third kappa shape index (κ3) is 9.93. The zero-order valence-electron chi connectivity index (χ0n) is 23.9. The van der Waals surface area contributed by atoms with Gasteiger partial charge in [-0.2, -0.15) is 13.2 Å². The summed E-state index contributed by atoms with van der Waals surface area (Å²) in [5.41, 5.74) is 7.89. The van der Waals surface area contributed by atoms with Gasteiger partial charge in [0.2, 0.25) is 5.91 Å². The minimum absolute atomic E-state index is 0.0238. The molecule has 4 rings (SSSR count). The van der Waals surface area contributed by atoms with E-state index in [1.165, 1.54) is 66.7 Å². The molecule has 1 unspecified atom stereocenters. The summed E-state index contributed by atoms with van der Waals surface area (Å²) in [5, 5.41) is 8.06. The molecule has 0 aliphatic carbocycles. The Labute approximate surface area is 255 Å². The van der Waals surface area contributed by atoms with Gasteiger partial charge in [-0.3, -0.25) is 4.79 Å². The normalized spacial score (nSPS) is 17.5. The second kappa shape index (κ2) is 15.2. The number of carbonyl (C=O) groups excluding carboxylic acids is 2. The van der Waals surface area contributed by atoms with Crippen molar-refractivity contribution in [1.29, 1.82) is 0 Å². The standard InChI is InChI=1S/C31H32F6N4O4/c32-20-8-4-18(5-9-20)27(19-6-10-21(33)11-7-19)28(38)29(42)41-26-3-1-2-25(34)24(26)13-12-23-15-39-22(16-44-23)14-40-30(43)45-17-31(35,36)37/h1-11,22-23,27-28,39H,12-17,38H2,(H,40,43)(H,41,42)/t22-,23-,28?/m1/s1. The number of amides is 2. The summed E-state index contributed by atoms with van der Waals surface area (Å²) < 4.78 is 88.6. The van der Waals surface area contributed by atoms with E-state index in [4.69, 9.17) is 10.5 Å². The highest BCUT2D eigenvalue weighted by Gasteiger charge is 2.31. The van der Waals surface area contributed by atoms with Gasteiger partial charge in [-0.1, -0.05) is 30.3 Å². The van der Waals surface area contributed by atoms with E-state index in [-0.39, 0.29) is 43.0 Å². The van der Waals surface area contributed by atoms with E-state index in [2.05, 4.69) is 20.7 Å². The number of halogens is 6. The Balaban J connectivity index is 1.35. The Hall–Kier alpha value is -4.14. The molecule has 0 radical (unpaired) electrons. The van der Waals surface area contributed by atoms with Gasteiger partial charge in [0.1, 0.15) is 17.5 Å². The lowest BCUT2D eigenvalue weighted by atomic mass is 9.85. The van der Waals surface area contributed by atoms with Crippen LogP contribution in [0.25, 0.3) is 0 Å². The largest absolute Gasteiger partial charge is 0.440 e. The Bertz CT molecular complexity index is 1390. The average Bonchev–Trinajstić information content (AvgIpc) is 3.01. The quantitative estimate of drug-likeness (QED) is 0.225. The van der Waals surface area contributed by atoms with Crippen molar-refractivity contribution >= 4 is 17.7 Å². The number of nitrogens with two attached hydrogens (primary N) is 1. The van der Waals surface area contributed by atoms with Gasteiger partial charge in [-0.05, 0) is 60.4 Å². The molecule has 242 valence electrons. The number of anilines is 1. The molecule has 1 saturated heterocycles. The summed E-state index contributed by atoms with van der Waals surface area (Å²) in [7, 11) is 0. The molecule has 0 aromatic heterocycles. The predicted molar refractivity (Wildman–Crippen MR) is 153 cm³/mol. The van der Waals surface area contributed by atoms with E-state index in [0.717, 1.165) is 0 Å². The van der Waals surface area contributed by atoms with Crippen LogP contribution < -0.4 is 21.7 Å². The fraction of sp³-hybridized carbons (Fsp3) is 0.355. The minimum Gasteiger partial charge on any atom is -0.440 e. The maximum absolute atomic E-state index is 15.0. The number of ether oxygens (including phenoxy) is 2. The molecule has 0 bridgehead atoms. The van der Waals surface area contributed by atoms with Crippen LogP contribution in [0.4, 0.5) is 36.8 Å². The smallest absolute Gasteiger partial charge is 0.422 e. The summed E-state index contributed by atoms with van der Waals surface area (Å²) in [6.07, 6.45) is -5.66. The maximum Gasteiger partial charge on any atom is 0.422 e. The van der Waals surface area contributed by atoms with Gasteiger partial charge in [0.05, 0.1) is 18.8 Å². The van der Waals surface area contributed by atoms with Crippen LogP contribution >= 0.6 is 0 Å². The van der Waals surface area contributed by atoms with Gasteiger partial charge in [0, 0.05) is 36.3 Å². The lowest BCUT2D eigenvalue weighted by Gasteiger charge is -2.30. The first-order valence-electron chi connectivity index (χ1n) is 14.1. The van der Waals surface area contributed by atoms with Gasteiger partial charge in [0.25, 0.3) is 0 Å². The molecule has 1 aliphatic heterocycles. The van der Waals surface area contributed by atoms with E-state index >= 15 is 0 Å². The molecule has 1 heterocycles. The van der Waals surface area contributed by atoms with Crippen LogP contribution in [0.2, 0.25) is 0 Å². The number of hydrogen-bond donors (Lipinski definition) is 4. The van der Waals surface area contributed by atoms with Gasteiger partial charge < -0.3 is 31.2 Å². The lowest BCUT2D eigenvalue weighted by molar-refractivity contribution is -0.160. The van der Waals surface area contributed by atoms with Crippen molar-refractivity contribution in [1.82, 2.24) is 10.6 Å². The number of benzene rings is 3. The second-order valence-electron chi connectivity index (χ2n) is 10.5. The molecule has 1 fully saturated rings. The fourth-order valence-corrected chi connectivity index (χ4v) is 4.94. The van der Waals surface area contributed by atoms with Crippen LogP contribution in [0.1, 0.15) is 29.0 Å². The van der Waals surface area contributed by atoms with E-state index < -0.39 is 54.2 Å². The minimum atomic E-state index is -4.62. The van der Waals surface area contributed by atoms with Gasteiger partial charge >= 0.3 is 12.3 Å². The van der Waals surface area contributed by atoms with E-state index in [1.54, 1.807) is 0 Å². The number of rotatable bonds is 11. The molecular formula is C31H32F6N4O4. The van der Waals surface area contributed by atoms with E-state index in [1.807, 2.05) is 0 Å². The number of nitrogens with one attached hydrogen (secondary N) is 3. The summed E-state index contributed by atoms with van der Waals surface area (Å²) in [6.45, 7) is -1.26. The van der Waals surface area contributed by atoms with Crippen molar-refractivity contribution < 1.29 is 45.4 Å². The number of morpholine rings is 1. The summed E-state index contributed by atoms with van der Waals surface area (Å²) >= 11 is 0. The average molecular weight is 639 g/mol. The van der Waals surface area contributed by atoms with Crippen LogP contribution in [0.3, 0.4) is 0 Å². The molecule has 3 aromatic rings. The number of alkyl halides is 3. The maximum atomic E-state index is 15.0. The van der Waals surface area contributed by atoms with Crippen LogP contribution in [0.5, 0.6) is 0 Å². The molecular weight excluding hydrogens is 606 g/mol. The first-order chi connectivity index (χ1) is 21.4. The molecule has 3 aromatic carbocycles. The third-order valence-electron chi connectivity index (χ3n) is 7.24. The number of hydrogen-bond acceptors (Lipinski definition) is 6. The Morgan fingerprint density at radius 3 is 2.16 bits per heavy atom. The van der Waals surface area contributed by atoms with Crippen LogP contribution in [0, 0.1) is 17.5 Å². The predicted octanol–water partition coefficient (Wildman–Crippen LogP) is 4.78. The molecule has 5 N–H and O–H groups in total. The van der Waals surface area contributed by atoms with Crippen LogP contribution in [0.15, 0.2) is 66.7 Å². The van der Waals surface area contributed by atoms with Crippen molar-refractivity contribution in [3.8, 4) is 0 Å². The summed E-state index contributed by atoms with van der Waals surface area (Å²) in [5.74, 6) is -2.92. The highest BCUT2D eigenvalue weighted by Crippen LogP contribution is 2.30. The Kier molecular flexibility index (Phi) is 11.4. The molecule has 14 heteroatoms. The van der Waals surface area contributed by atoms with E-state index in [0.29, 0.717) is 24.1 Å². The number of carbonyl (C=O) groups is 2. The summed E-state index contributed by atoms with van der Waals surface area (Å²) in [6, 6.07) is 13.5. The van der Waals surface area contributed by atoms with Gasteiger partial charge in [-0.25, -0.2) is 18.0 Å². The first-order valence-corrected chi connectivity index (χ1v) is 14.1.